The minimum Gasteiger partial charge on any atom is -0.493 e. The Labute approximate surface area is 560 Å². The number of nitrogens with zero attached hydrogens (tertiary/aromatic N) is 2. The fourth-order valence-electron chi connectivity index (χ4n) is 13.2. The van der Waals surface area contributed by atoms with E-state index >= 15 is 0 Å². The quantitative estimate of drug-likeness (QED) is 0.0358. The molecule has 0 N–H and O–H groups in total. The highest BCUT2D eigenvalue weighted by molar-refractivity contribution is 5.83. The molecule has 0 saturated heterocycles. The molecule has 90 heavy (non-hydrogen) atoms. The summed E-state index contributed by atoms with van der Waals surface area (Å²) in [5.74, 6) is 29.0. The average molecular weight is 1230 g/mol. The van der Waals surface area contributed by atoms with Crippen molar-refractivity contribution in [3.05, 3.63) is 86.5 Å². The molecule has 0 atom stereocenters. The van der Waals surface area contributed by atoms with Crippen LogP contribution in [0.5, 0.6) is 0 Å². The van der Waals surface area contributed by atoms with E-state index in [1.54, 1.807) is 4.70 Å². The lowest BCUT2D eigenvalue weighted by molar-refractivity contribution is -0.345. The maximum absolute atomic E-state index is 13.1. The normalized spacial score (nSPS) is 12.0. The lowest BCUT2D eigenvalue weighted by atomic mass is 9.91. The molecule has 2 aromatic rings. The summed E-state index contributed by atoms with van der Waals surface area (Å²) in [5, 5.41) is 0. The molecule has 0 spiro atoms. The molecule has 2 nitrogen and oxygen atoms in total. The molecule has 0 saturated carbocycles. The summed E-state index contributed by atoms with van der Waals surface area (Å²) in [4.78, 5) is 0. The van der Waals surface area contributed by atoms with Gasteiger partial charge in [-0.1, -0.05) is 384 Å². The average Bonchev–Trinajstić information content (AvgIpc) is 1.62. The summed E-state index contributed by atoms with van der Waals surface area (Å²) in [5.41, 5.74) is 23.4. The molecule has 0 amide bonds. The van der Waals surface area contributed by atoms with Crippen LogP contribution in [0.1, 0.15) is 447 Å². The standard InChI is InChI=1S/C88H140N2/c1-7-13-19-23-27-31-35-39-43-47-51-55-59-63-67-79-73-80(68-64-60-56-52-48-44-40-36-32-28-24-20-14-8-2)76-83(75-79)87-85(71-17-11-5)86(72-18-12-6)88(90(87)89)84-77-81(69-65-61-57-53-49-45-41-37-33-29-25-21-15-9-3)74-82(78-84)70-66-62-58-54-50-46-42-38-34-30-26-22-16-10-4/h73-78H,7-62,71-72H2,1-6H3. The van der Waals surface area contributed by atoms with Crippen molar-refractivity contribution in [2.75, 3.05) is 0 Å². The lowest BCUT2D eigenvalue weighted by Crippen LogP contribution is -2.04. The van der Waals surface area contributed by atoms with Crippen molar-refractivity contribution in [3.8, 4) is 47.4 Å². The fourth-order valence-corrected chi connectivity index (χ4v) is 13.2. The van der Waals surface area contributed by atoms with E-state index in [-0.39, 0.29) is 0 Å². The monoisotopic (exact) mass is 1230 g/mol. The van der Waals surface area contributed by atoms with Gasteiger partial charge in [0.1, 0.15) is 0 Å². The molecule has 2 heteroatoms. The van der Waals surface area contributed by atoms with Crippen LogP contribution in [0, 0.1) is 47.4 Å². The first-order valence-corrected chi connectivity index (χ1v) is 39.7. The number of rotatable bonds is 56. The molecule has 0 bridgehead atoms. The Morgan fingerprint density at radius 1 is 0.233 bits per heavy atom. The van der Waals surface area contributed by atoms with Crippen LogP contribution in [-0.4, -0.2) is 4.70 Å². The van der Waals surface area contributed by atoms with Crippen LogP contribution >= 0.6 is 0 Å². The summed E-state index contributed by atoms with van der Waals surface area (Å²) in [6.07, 6.45) is 74.5. The number of allylic oxidation sites excluding steroid dienone is 2. The van der Waals surface area contributed by atoms with Gasteiger partial charge in [-0.3, -0.25) is 0 Å². The number of hydrogen-bond donors (Lipinski definition) is 0. The van der Waals surface area contributed by atoms with E-state index in [0.717, 1.165) is 135 Å². The van der Waals surface area contributed by atoms with Gasteiger partial charge < -0.3 is 5.53 Å². The Kier molecular flexibility index (Phi) is 52.1. The minimum atomic E-state index is 0.904. The molecule has 0 aliphatic carbocycles. The molecule has 0 aromatic heterocycles. The van der Waals surface area contributed by atoms with Crippen molar-refractivity contribution in [1.29, 1.82) is 0 Å². The smallest absolute Gasteiger partial charge is 0.211 e. The second-order valence-corrected chi connectivity index (χ2v) is 27.5. The van der Waals surface area contributed by atoms with Crippen molar-refractivity contribution >= 4 is 11.4 Å². The van der Waals surface area contributed by atoms with Crippen LogP contribution in [0.3, 0.4) is 0 Å². The van der Waals surface area contributed by atoms with E-state index in [4.69, 9.17) is 0 Å². The van der Waals surface area contributed by atoms with Gasteiger partial charge in [0, 0.05) is 70.2 Å². The lowest BCUT2D eigenvalue weighted by Gasteiger charge is -2.11. The SMILES string of the molecule is CCCCCCCCCCCCCCC#Cc1cc(C#CCCCCCCCCCCCCCC)cc(C2=C(CCCC)C(CCCC)=C(c3cc(C#CCCCCCCCCCCCCCC)cc(C#CCCCCCCCCCCCCCC)c3)[N+]2=[N-])c1. The molecular formula is C88H140N2. The Balaban J connectivity index is 1.91. The first-order valence-electron chi connectivity index (χ1n) is 39.7. The molecule has 2 aromatic carbocycles. The maximum atomic E-state index is 13.1. The van der Waals surface area contributed by atoms with Gasteiger partial charge in [-0.15, -0.1) is 0 Å². The van der Waals surface area contributed by atoms with Gasteiger partial charge in [-0.25, -0.2) is 4.70 Å². The van der Waals surface area contributed by atoms with E-state index in [0.29, 0.717) is 0 Å². The molecule has 0 fully saturated rings. The third kappa shape index (κ3) is 40.0. The number of hydrogen-bond acceptors (Lipinski definition) is 0. The predicted octanol–water partition coefficient (Wildman–Crippen LogP) is 29.0. The van der Waals surface area contributed by atoms with Crippen molar-refractivity contribution in [1.82, 2.24) is 0 Å². The van der Waals surface area contributed by atoms with Gasteiger partial charge in [0.25, 0.3) is 0 Å². The maximum Gasteiger partial charge on any atom is 0.211 e. The van der Waals surface area contributed by atoms with Gasteiger partial charge in [0.05, 0.1) is 0 Å². The zero-order valence-corrected chi connectivity index (χ0v) is 60.4. The highest BCUT2D eigenvalue weighted by Crippen LogP contribution is 2.45. The molecular weight excluding hydrogens is 1080 g/mol. The molecule has 1 aliphatic heterocycles. The van der Waals surface area contributed by atoms with Crippen LogP contribution in [-0.2, 0) is 0 Å². The minimum absolute atomic E-state index is 0.904. The Morgan fingerprint density at radius 3 is 0.600 bits per heavy atom. The Hall–Kier alpha value is -4.24. The summed E-state index contributed by atoms with van der Waals surface area (Å²) in [6, 6.07) is 13.4. The van der Waals surface area contributed by atoms with Crippen LogP contribution in [0.25, 0.3) is 16.9 Å². The van der Waals surface area contributed by atoms with Crippen molar-refractivity contribution in [2.24, 2.45) is 0 Å². The Morgan fingerprint density at radius 2 is 0.411 bits per heavy atom. The third-order valence-electron chi connectivity index (χ3n) is 18.9. The zero-order chi connectivity index (χ0) is 64.3. The summed E-state index contributed by atoms with van der Waals surface area (Å²) in [7, 11) is 0. The molecule has 0 unspecified atom stereocenters. The zero-order valence-electron chi connectivity index (χ0n) is 60.4. The van der Waals surface area contributed by atoms with Gasteiger partial charge in [0.2, 0.25) is 11.4 Å². The van der Waals surface area contributed by atoms with Gasteiger partial charge in [-0.2, -0.15) is 0 Å². The first-order chi connectivity index (χ1) is 44.5. The highest BCUT2D eigenvalue weighted by Gasteiger charge is 2.36. The van der Waals surface area contributed by atoms with E-state index < -0.39 is 0 Å². The Bertz CT molecular complexity index is 2150. The third-order valence-corrected chi connectivity index (χ3v) is 18.9. The summed E-state index contributed by atoms with van der Waals surface area (Å²) >= 11 is 0. The van der Waals surface area contributed by atoms with Gasteiger partial charge >= 0.3 is 0 Å². The fraction of sp³-hybridized carbons (Fsp3) is 0.727. The van der Waals surface area contributed by atoms with E-state index in [1.807, 2.05) is 0 Å². The molecule has 0 radical (unpaired) electrons. The first kappa shape index (κ1) is 80.0. The topological polar surface area (TPSA) is 25.3 Å². The molecule has 3 rings (SSSR count). The molecule has 1 aliphatic rings. The summed E-state index contributed by atoms with van der Waals surface area (Å²) in [6.45, 7) is 13.8. The van der Waals surface area contributed by atoms with Crippen LogP contribution < -0.4 is 0 Å². The second-order valence-electron chi connectivity index (χ2n) is 27.5. The number of unbranched alkanes of at least 4 members (excludes halogenated alkanes) is 50. The van der Waals surface area contributed by atoms with Crippen LogP contribution in [0.4, 0.5) is 0 Å². The van der Waals surface area contributed by atoms with Crippen molar-refractivity contribution in [2.45, 2.75) is 414 Å². The predicted molar refractivity (Wildman–Crippen MR) is 400 cm³/mol. The largest absolute Gasteiger partial charge is 0.493 e. The highest BCUT2D eigenvalue weighted by atomic mass is 15.2. The molecule has 1 heterocycles. The second kappa shape index (κ2) is 58.6. The van der Waals surface area contributed by atoms with Crippen molar-refractivity contribution in [3.63, 3.8) is 0 Å². The summed E-state index contributed by atoms with van der Waals surface area (Å²) < 4.78 is 1.57. The van der Waals surface area contributed by atoms with E-state index in [2.05, 4.69) is 125 Å². The number of benzene rings is 2. The van der Waals surface area contributed by atoms with Gasteiger partial charge in [0.15, 0.2) is 0 Å². The van der Waals surface area contributed by atoms with Gasteiger partial charge in [-0.05, 0) is 87.8 Å². The van der Waals surface area contributed by atoms with Crippen LogP contribution in [0.2, 0.25) is 0 Å². The van der Waals surface area contributed by atoms with Crippen molar-refractivity contribution < 1.29 is 4.70 Å². The van der Waals surface area contributed by atoms with E-state index in [9.17, 15) is 5.53 Å². The van der Waals surface area contributed by atoms with E-state index in [1.165, 1.54) is 294 Å². The molecule has 502 valence electrons. The van der Waals surface area contributed by atoms with Crippen LogP contribution in [0.15, 0.2) is 47.5 Å².